The largest absolute Gasteiger partial charge is 0.395 e. The summed E-state index contributed by atoms with van der Waals surface area (Å²) in [6, 6.07) is 4.23. The Morgan fingerprint density at radius 3 is 2.60 bits per heavy atom. The molecule has 2 N–H and O–H groups in total. The van der Waals surface area contributed by atoms with E-state index in [1.165, 1.54) is 0 Å². The SMILES string of the molecule is O=C(CN1CCC[C@H]1CO)Nc1c(I)cc(I)cc1I. The van der Waals surface area contributed by atoms with Crippen molar-refractivity contribution in [1.29, 1.82) is 0 Å². The number of carbonyl (C=O) groups is 1. The number of hydrogen-bond donors (Lipinski definition) is 2. The highest BCUT2D eigenvalue weighted by Gasteiger charge is 2.25. The van der Waals surface area contributed by atoms with Crippen molar-refractivity contribution in [3.63, 3.8) is 0 Å². The van der Waals surface area contributed by atoms with Crippen LogP contribution in [0.25, 0.3) is 0 Å². The lowest BCUT2D eigenvalue weighted by atomic mass is 10.2. The number of likely N-dealkylation sites (tertiary alicyclic amines) is 1. The highest BCUT2D eigenvalue weighted by molar-refractivity contribution is 14.1. The summed E-state index contributed by atoms with van der Waals surface area (Å²) in [5.74, 6) is -0.0117. The fourth-order valence-corrected chi connectivity index (χ4v) is 6.19. The standard InChI is InChI=1S/C13H15I3N2O2/c14-8-4-10(15)13(11(16)5-8)17-12(20)6-18-3-1-2-9(18)7-19/h4-5,9,19H,1-3,6-7H2,(H,17,20)/t9-/m0/s1. The Hall–Kier alpha value is 0.800. The van der Waals surface area contributed by atoms with Crippen molar-refractivity contribution in [1.82, 2.24) is 4.90 Å². The highest BCUT2D eigenvalue weighted by Crippen LogP contribution is 2.27. The molecule has 110 valence electrons. The molecule has 1 aliphatic heterocycles. The van der Waals surface area contributed by atoms with E-state index < -0.39 is 0 Å². The quantitative estimate of drug-likeness (QED) is 0.515. The Morgan fingerprint density at radius 2 is 2.00 bits per heavy atom. The molecule has 0 aromatic heterocycles. The predicted octanol–water partition coefficient (Wildman–Crippen LogP) is 2.90. The molecule has 0 radical (unpaired) electrons. The second-order valence-electron chi connectivity index (χ2n) is 4.74. The summed E-state index contributed by atoms with van der Waals surface area (Å²) >= 11 is 6.76. The van der Waals surface area contributed by atoms with Crippen molar-refractivity contribution >= 4 is 79.4 Å². The average molecular weight is 612 g/mol. The molecular formula is C13H15I3N2O2. The number of nitrogens with one attached hydrogen (secondary N) is 1. The third kappa shape index (κ3) is 4.40. The number of nitrogens with zero attached hydrogens (tertiary/aromatic N) is 1. The molecule has 7 heteroatoms. The van der Waals surface area contributed by atoms with E-state index >= 15 is 0 Å². The van der Waals surface area contributed by atoms with Crippen LogP contribution in [0.5, 0.6) is 0 Å². The Morgan fingerprint density at radius 1 is 1.35 bits per heavy atom. The molecule has 4 nitrogen and oxygen atoms in total. The summed E-state index contributed by atoms with van der Waals surface area (Å²) in [5, 5.41) is 12.3. The molecule has 0 spiro atoms. The number of hydrogen-bond acceptors (Lipinski definition) is 3. The maximum Gasteiger partial charge on any atom is 0.238 e. The van der Waals surface area contributed by atoms with E-state index in [-0.39, 0.29) is 18.6 Å². The van der Waals surface area contributed by atoms with Crippen LogP contribution in [0.2, 0.25) is 0 Å². The van der Waals surface area contributed by atoms with Gasteiger partial charge in [0.1, 0.15) is 0 Å². The number of aliphatic hydroxyl groups excluding tert-OH is 1. The first-order valence-corrected chi connectivity index (χ1v) is 9.54. The minimum atomic E-state index is -0.0117. The van der Waals surface area contributed by atoms with Crippen molar-refractivity contribution in [2.75, 3.05) is 25.0 Å². The fourth-order valence-electron chi connectivity index (χ4n) is 2.34. The maximum absolute atomic E-state index is 12.2. The molecule has 2 rings (SSSR count). The fraction of sp³-hybridized carbons (Fsp3) is 0.462. The Balaban J connectivity index is 2.01. The van der Waals surface area contributed by atoms with E-state index in [1.54, 1.807) is 0 Å². The van der Waals surface area contributed by atoms with Crippen LogP contribution in [0.4, 0.5) is 5.69 Å². The lowest BCUT2D eigenvalue weighted by Crippen LogP contribution is -2.38. The molecular weight excluding hydrogens is 597 g/mol. The third-order valence-corrected chi connectivity index (χ3v) is 5.65. The number of aliphatic hydroxyl groups is 1. The Kier molecular flexibility index (Phi) is 6.76. The Bertz CT molecular complexity index is 487. The van der Waals surface area contributed by atoms with Crippen molar-refractivity contribution < 1.29 is 9.90 Å². The van der Waals surface area contributed by atoms with E-state index in [0.29, 0.717) is 6.54 Å². The van der Waals surface area contributed by atoms with Crippen LogP contribution in [0.1, 0.15) is 12.8 Å². The van der Waals surface area contributed by atoms with Crippen LogP contribution in [-0.2, 0) is 4.79 Å². The van der Waals surface area contributed by atoms with Gasteiger partial charge in [-0.2, -0.15) is 0 Å². The van der Waals surface area contributed by atoms with E-state index in [0.717, 1.165) is 35.8 Å². The molecule has 1 aromatic rings. The molecule has 1 fully saturated rings. The first kappa shape index (κ1) is 17.2. The number of benzene rings is 1. The lowest BCUT2D eigenvalue weighted by molar-refractivity contribution is -0.117. The molecule has 1 heterocycles. The van der Waals surface area contributed by atoms with Crippen LogP contribution in [0.3, 0.4) is 0 Å². The van der Waals surface area contributed by atoms with Gasteiger partial charge in [0.05, 0.1) is 18.8 Å². The van der Waals surface area contributed by atoms with Gasteiger partial charge in [-0.3, -0.25) is 9.69 Å². The van der Waals surface area contributed by atoms with E-state index in [1.807, 2.05) is 12.1 Å². The van der Waals surface area contributed by atoms with Gasteiger partial charge >= 0.3 is 0 Å². The predicted molar refractivity (Wildman–Crippen MR) is 105 cm³/mol. The van der Waals surface area contributed by atoms with E-state index in [4.69, 9.17) is 0 Å². The molecule has 0 unspecified atom stereocenters. The first-order valence-electron chi connectivity index (χ1n) is 6.30. The monoisotopic (exact) mass is 612 g/mol. The number of halogens is 3. The van der Waals surface area contributed by atoms with Gasteiger partial charge in [-0.15, -0.1) is 0 Å². The number of anilines is 1. The highest BCUT2D eigenvalue weighted by atomic mass is 127. The van der Waals surface area contributed by atoms with Gasteiger partial charge in [0.15, 0.2) is 0 Å². The second-order valence-corrected chi connectivity index (χ2v) is 8.31. The second kappa shape index (κ2) is 7.88. The number of carbonyl (C=O) groups excluding carboxylic acids is 1. The molecule has 20 heavy (non-hydrogen) atoms. The zero-order chi connectivity index (χ0) is 14.7. The van der Waals surface area contributed by atoms with E-state index in [2.05, 4.69) is 78.0 Å². The average Bonchev–Trinajstić information content (AvgIpc) is 2.81. The lowest BCUT2D eigenvalue weighted by Gasteiger charge is -2.22. The van der Waals surface area contributed by atoms with Crippen LogP contribution in [-0.4, -0.2) is 41.7 Å². The van der Waals surface area contributed by atoms with Crippen LogP contribution in [0, 0.1) is 10.7 Å². The van der Waals surface area contributed by atoms with Gasteiger partial charge in [-0.1, -0.05) is 0 Å². The van der Waals surface area contributed by atoms with Gasteiger partial charge in [-0.25, -0.2) is 0 Å². The summed E-state index contributed by atoms with van der Waals surface area (Å²) < 4.78 is 3.26. The van der Waals surface area contributed by atoms with Crippen LogP contribution < -0.4 is 5.32 Å². The topological polar surface area (TPSA) is 52.6 Å². The molecule has 1 aliphatic rings. The first-order chi connectivity index (χ1) is 9.51. The molecule has 1 saturated heterocycles. The minimum Gasteiger partial charge on any atom is -0.395 e. The van der Waals surface area contributed by atoms with Crippen molar-refractivity contribution in [2.24, 2.45) is 0 Å². The summed E-state index contributed by atoms with van der Waals surface area (Å²) in [6.45, 7) is 1.37. The zero-order valence-corrected chi connectivity index (χ0v) is 17.2. The molecule has 1 atom stereocenters. The van der Waals surface area contributed by atoms with Gasteiger partial charge in [0.25, 0.3) is 0 Å². The van der Waals surface area contributed by atoms with Crippen LogP contribution >= 0.6 is 67.8 Å². The number of rotatable bonds is 4. The Labute approximate surface area is 159 Å². The summed E-state index contributed by atoms with van der Waals surface area (Å²) in [5.41, 5.74) is 0.886. The van der Waals surface area contributed by atoms with Crippen molar-refractivity contribution in [2.45, 2.75) is 18.9 Å². The minimum absolute atomic E-state index is 0.0117. The third-order valence-electron chi connectivity index (χ3n) is 3.33. The molecule has 0 aliphatic carbocycles. The van der Waals surface area contributed by atoms with Gasteiger partial charge in [0.2, 0.25) is 5.91 Å². The van der Waals surface area contributed by atoms with Gasteiger partial charge in [0, 0.05) is 16.8 Å². The van der Waals surface area contributed by atoms with Gasteiger partial charge < -0.3 is 10.4 Å². The van der Waals surface area contributed by atoms with E-state index in [9.17, 15) is 9.90 Å². The summed E-state index contributed by atoms with van der Waals surface area (Å²) in [4.78, 5) is 14.2. The zero-order valence-electron chi connectivity index (χ0n) is 10.7. The smallest absolute Gasteiger partial charge is 0.238 e. The number of amides is 1. The molecule has 1 amide bonds. The molecule has 0 bridgehead atoms. The summed E-state index contributed by atoms with van der Waals surface area (Å²) in [6.07, 6.45) is 2.03. The maximum atomic E-state index is 12.2. The van der Waals surface area contributed by atoms with Crippen LogP contribution in [0.15, 0.2) is 12.1 Å². The van der Waals surface area contributed by atoms with Gasteiger partial charge in [-0.05, 0) is 99.3 Å². The van der Waals surface area contributed by atoms with Crippen molar-refractivity contribution in [3.8, 4) is 0 Å². The molecule has 0 saturated carbocycles. The summed E-state index contributed by atoms with van der Waals surface area (Å²) in [7, 11) is 0. The normalized spacial score (nSPS) is 19.3. The van der Waals surface area contributed by atoms with Crippen molar-refractivity contribution in [3.05, 3.63) is 22.8 Å². The molecule has 1 aromatic carbocycles.